The highest BCUT2D eigenvalue weighted by atomic mass is 16.2. The number of rotatable bonds is 4. The molecule has 1 aliphatic heterocycles. The maximum atomic E-state index is 12.1. The number of anilines is 1. The highest BCUT2D eigenvalue weighted by Gasteiger charge is 2.25. The summed E-state index contributed by atoms with van der Waals surface area (Å²) in [5.41, 5.74) is 5.87. The van der Waals surface area contributed by atoms with Crippen molar-refractivity contribution >= 4 is 11.9 Å². The summed E-state index contributed by atoms with van der Waals surface area (Å²) < 4.78 is 0. The molecule has 1 amide bonds. The lowest BCUT2D eigenvalue weighted by Crippen LogP contribution is -2.53. The van der Waals surface area contributed by atoms with Crippen molar-refractivity contribution in [3.63, 3.8) is 0 Å². The highest BCUT2D eigenvalue weighted by molar-refractivity contribution is 5.81. The lowest BCUT2D eigenvalue weighted by atomic mass is 10.1. The molecule has 6 nitrogen and oxygen atoms in total. The Bertz CT molecular complexity index is 403. The molecule has 1 aromatic heterocycles. The molecule has 1 fully saturated rings. The first-order chi connectivity index (χ1) is 9.22. The van der Waals surface area contributed by atoms with Crippen molar-refractivity contribution in [3.8, 4) is 0 Å². The van der Waals surface area contributed by atoms with Gasteiger partial charge in [0.05, 0.1) is 6.04 Å². The minimum Gasteiger partial charge on any atom is -0.338 e. The minimum atomic E-state index is -0.357. The summed E-state index contributed by atoms with van der Waals surface area (Å²) in [7, 11) is 0. The van der Waals surface area contributed by atoms with Crippen molar-refractivity contribution in [1.29, 1.82) is 0 Å². The average Bonchev–Trinajstić information content (AvgIpc) is 2.48. The topological polar surface area (TPSA) is 75.4 Å². The van der Waals surface area contributed by atoms with Gasteiger partial charge in [-0.1, -0.05) is 13.3 Å². The van der Waals surface area contributed by atoms with E-state index in [-0.39, 0.29) is 11.9 Å². The molecular formula is C13H21N5O. The third-order valence-corrected chi connectivity index (χ3v) is 3.34. The van der Waals surface area contributed by atoms with Crippen LogP contribution >= 0.6 is 0 Å². The van der Waals surface area contributed by atoms with Gasteiger partial charge < -0.3 is 15.5 Å². The van der Waals surface area contributed by atoms with Crippen LogP contribution in [0.15, 0.2) is 18.5 Å². The molecule has 104 valence electrons. The van der Waals surface area contributed by atoms with Crippen LogP contribution in [-0.4, -0.2) is 53.0 Å². The average molecular weight is 263 g/mol. The Morgan fingerprint density at radius 3 is 2.53 bits per heavy atom. The van der Waals surface area contributed by atoms with Gasteiger partial charge in [0.15, 0.2) is 0 Å². The van der Waals surface area contributed by atoms with E-state index in [1.165, 1.54) is 0 Å². The molecule has 2 rings (SSSR count). The number of carbonyl (C=O) groups excluding carboxylic acids is 1. The van der Waals surface area contributed by atoms with Gasteiger partial charge in [0.1, 0.15) is 0 Å². The quantitative estimate of drug-likeness (QED) is 0.843. The summed E-state index contributed by atoms with van der Waals surface area (Å²) in [6, 6.07) is 1.44. The van der Waals surface area contributed by atoms with Gasteiger partial charge in [0.25, 0.3) is 0 Å². The SMILES string of the molecule is CCCC(N)C(=O)N1CCN(c2ncccn2)CC1. The van der Waals surface area contributed by atoms with Crippen LogP contribution in [0.4, 0.5) is 5.95 Å². The molecule has 2 heterocycles. The van der Waals surface area contributed by atoms with Crippen molar-refractivity contribution in [2.24, 2.45) is 5.73 Å². The number of hydrogen-bond donors (Lipinski definition) is 1. The summed E-state index contributed by atoms with van der Waals surface area (Å²) in [5.74, 6) is 0.794. The Morgan fingerprint density at radius 2 is 1.95 bits per heavy atom. The second kappa shape index (κ2) is 6.47. The highest BCUT2D eigenvalue weighted by Crippen LogP contribution is 2.11. The van der Waals surface area contributed by atoms with Crippen LogP contribution in [0.25, 0.3) is 0 Å². The Kier molecular flexibility index (Phi) is 4.68. The minimum absolute atomic E-state index is 0.0653. The molecule has 0 radical (unpaired) electrons. The monoisotopic (exact) mass is 263 g/mol. The van der Waals surface area contributed by atoms with E-state index in [9.17, 15) is 4.79 Å². The number of hydrogen-bond acceptors (Lipinski definition) is 5. The van der Waals surface area contributed by atoms with Gasteiger partial charge in [0.2, 0.25) is 11.9 Å². The summed E-state index contributed by atoms with van der Waals surface area (Å²) in [6.07, 6.45) is 5.15. The van der Waals surface area contributed by atoms with Crippen molar-refractivity contribution in [2.45, 2.75) is 25.8 Å². The van der Waals surface area contributed by atoms with Crippen LogP contribution in [0.5, 0.6) is 0 Å². The number of carbonyl (C=O) groups is 1. The Balaban J connectivity index is 1.87. The zero-order valence-electron chi connectivity index (χ0n) is 11.3. The summed E-state index contributed by atoms with van der Waals surface area (Å²) in [6.45, 7) is 4.93. The van der Waals surface area contributed by atoms with E-state index in [0.29, 0.717) is 13.1 Å². The molecule has 0 aromatic carbocycles. The molecule has 1 saturated heterocycles. The molecule has 0 saturated carbocycles. The van der Waals surface area contributed by atoms with Crippen molar-refractivity contribution in [1.82, 2.24) is 14.9 Å². The number of nitrogens with two attached hydrogens (primary N) is 1. The molecule has 1 unspecified atom stereocenters. The number of aromatic nitrogens is 2. The van der Waals surface area contributed by atoms with Gasteiger partial charge in [-0.15, -0.1) is 0 Å². The number of nitrogens with zero attached hydrogens (tertiary/aromatic N) is 4. The Hall–Kier alpha value is -1.69. The van der Waals surface area contributed by atoms with Crippen molar-refractivity contribution in [2.75, 3.05) is 31.1 Å². The molecule has 1 aromatic rings. The fourth-order valence-electron chi connectivity index (χ4n) is 2.25. The Labute approximate surface area is 113 Å². The van der Waals surface area contributed by atoms with E-state index in [2.05, 4.69) is 14.9 Å². The maximum absolute atomic E-state index is 12.1. The van der Waals surface area contributed by atoms with Gasteiger partial charge in [0, 0.05) is 38.6 Å². The molecule has 19 heavy (non-hydrogen) atoms. The van der Waals surface area contributed by atoms with Crippen LogP contribution in [0.3, 0.4) is 0 Å². The predicted molar refractivity (Wildman–Crippen MR) is 73.7 cm³/mol. The molecule has 0 aliphatic carbocycles. The first kappa shape index (κ1) is 13.7. The van der Waals surface area contributed by atoms with E-state index in [4.69, 9.17) is 5.73 Å². The zero-order valence-corrected chi connectivity index (χ0v) is 11.3. The van der Waals surface area contributed by atoms with E-state index in [1.807, 2.05) is 11.8 Å². The first-order valence-electron chi connectivity index (χ1n) is 6.78. The van der Waals surface area contributed by atoms with E-state index in [1.54, 1.807) is 18.5 Å². The lowest BCUT2D eigenvalue weighted by molar-refractivity contribution is -0.133. The Morgan fingerprint density at radius 1 is 1.32 bits per heavy atom. The smallest absolute Gasteiger partial charge is 0.239 e. The third-order valence-electron chi connectivity index (χ3n) is 3.34. The molecule has 1 aliphatic rings. The zero-order chi connectivity index (χ0) is 13.7. The summed E-state index contributed by atoms with van der Waals surface area (Å²) in [4.78, 5) is 24.5. The van der Waals surface area contributed by atoms with Gasteiger partial charge in [-0.2, -0.15) is 0 Å². The molecule has 0 bridgehead atoms. The second-order valence-electron chi connectivity index (χ2n) is 4.76. The van der Waals surface area contributed by atoms with Gasteiger partial charge in [-0.3, -0.25) is 4.79 Å². The number of amides is 1. The molecule has 0 spiro atoms. The second-order valence-corrected chi connectivity index (χ2v) is 4.76. The first-order valence-corrected chi connectivity index (χ1v) is 6.78. The molecule has 1 atom stereocenters. The summed E-state index contributed by atoms with van der Waals surface area (Å²) >= 11 is 0. The van der Waals surface area contributed by atoms with E-state index >= 15 is 0 Å². The molecular weight excluding hydrogens is 242 g/mol. The van der Waals surface area contributed by atoms with Crippen LogP contribution in [0, 0.1) is 0 Å². The number of piperazine rings is 1. The van der Waals surface area contributed by atoms with Gasteiger partial charge in [-0.05, 0) is 12.5 Å². The predicted octanol–water partition coefficient (Wildman–Crippen LogP) is 0.253. The van der Waals surface area contributed by atoms with Crippen LogP contribution in [0.1, 0.15) is 19.8 Å². The third kappa shape index (κ3) is 3.41. The normalized spacial score (nSPS) is 17.4. The summed E-state index contributed by atoms with van der Waals surface area (Å²) in [5, 5.41) is 0. The fourth-order valence-corrected chi connectivity index (χ4v) is 2.25. The van der Waals surface area contributed by atoms with Crippen LogP contribution in [0.2, 0.25) is 0 Å². The van der Waals surface area contributed by atoms with Gasteiger partial charge >= 0.3 is 0 Å². The van der Waals surface area contributed by atoms with E-state index < -0.39 is 0 Å². The van der Waals surface area contributed by atoms with Gasteiger partial charge in [-0.25, -0.2) is 9.97 Å². The fraction of sp³-hybridized carbons (Fsp3) is 0.615. The van der Waals surface area contributed by atoms with E-state index in [0.717, 1.165) is 31.9 Å². The maximum Gasteiger partial charge on any atom is 0.239 e. The van der Waals surface area contributed by atoms with Crippen molar-refractivity contribution < 1.29 is 4.79 Å². The molecule has 2 N–H and O–H groups in total. The largest absolute Gasteiger partial charge is 0.338 e. The van der Waals surface area contributed by atoms with Crippen LogP contribution in [-0.2, 0) is 4.79 Å². The van der Waals surface area contributed by atoms with Crippen molar-refractivity contribution in [3.05, 3.63) is 18.5 Å². The standard InChI is InChI=1S/C13H21N5O/c1-2-4-11(14)12(19)17-7-9-18(10-8-17)13-15-5-3-6-16-13/h3,5-6,11H,2,4,7-10,14H2,1H3. The van der Waals surface area contributed by atoms with Crippen LogP contribution < -0.4 is 10.6 Å². The lowest BCUT2D eigenvalue weighted by Gasteiger charge is -2.35. The molecule has 6 heteroatoms.